The molecule has 5 heteroatoms. The maximum atomic E-state index is 12.1. The highest BCUT2D eigenvalue weighted by atomic mass is 35.5. The van der Waals surface area contributed by atoms with E-state index in [2.05, 4.69) is 0 Å². The van der Waals surface area contributed by atoms with Gasteiger partial charge in [-0.05, 0) is 36.1 Å². The topological polar surface area (TPSA) is 57.6 Å². The lowest BCUT2D eigenvalue weighted by Gasteiger charge is -2.21. The van der Waals surface area contributed by atoms with E-state index >= 15 is 0 Å². The molecule has 1 aliphatic heterocycles. The summed E-state index contributed by atoms with van der Waals surface area (Å²) < 4.78 is 0. The summed E-state index contributed by atoms with van der Waals surface area (Å²) in [7, 11) is 0. The lowest BCUT2D eigenvalue weighted by molar-refractivity contribution is -0.147. The molecule has 1 saturated heterocycles. The van der Waals surface area contributed by atoms with Crippen molar-refractivity contribution in [2.24, 2.45) is 5.92 Å². The average molecular weight is 294 g/mol. The second kappa shape index (κ2) is 6.09. The van der Waals surface area contributed by atoms with Gasteiger partial charge in [-0.2, -0.15) is 0 Å². The van der Waals surface area contributed by atoms with Crippen LogP contribution in [0, 0.1) is 5.92 Å². The number of hydrogen-bond donors (Lipinski definition) is 1. The average Bonchev–Trinajstić information content (AvgIpc) is 2.78. The summed E-state index contributed by atoms with van der Waals surface area (Å²) in [5.41, 5.74) is 0.810. The van der Waals surface area contributed by atoms with Crippen LogP contribution in [0.3, 0.4) is 0 Å². The van der Waals surface area contributed by atoms with Crippen LogP contribution in [0.2, 0.25) is 5.02 Å². The molecular weight excluding hydrogens is 278 g/mol. The number of likely N-dealkylation sites (tertiary alicyclic amines) is 1. The van der Waals surface area contributed by atoms with E-state index in [9.17, 15) is 14.7 Å². The molecule has 1 aromatic rings. The van der Waals surface area contributed by atoms with Crippen LogP contribution in [0.5, 0.6) is 0 Å². The van der Waals surface area contributed by atoms with Gasteiger partial charge in [0.15, 0.2) is 0 Å². The fourth-order valence-electron chi connectivity index (χ4n) is 2.44. The molecule has 2 atom stereocenters. The maximum Gasteiger partial charge on any atom is 0.326 e. The first-order valence-electron chi connectivity index (χ1n) is 6.46. The molecule has 0 radical (unpaired) electrons. The van der Waals surface area contributed by atoms with Crippen molar-refractivity contribution in [3.63, 3.8) is 0 Å². The van der Waals surface area contributed by atoms with E-state index in [-0.39, 0.29) is 11.8 Å². The first-order chi connectivity index (χ1) is 9.49. The lowest BCUT2D eigenvalue weighted by atomic mass is 10.0. The Morgan fingerprint density at radius 1 is 1.45 bits per heavy atom. The second-order valence-corrected chi connectivity index (χ2v) is 5.41. The molecule has 20 heavy (non-hydrogen) atoms. The zero-order chi connectivity index (χ0) is 14.7. The predicted octanol–water partition coefficient (Wildman–Crippen LogP) is 2.67. The third-order valence-corrected chi connectivity index (χ3v) is 3.74. The Morgan fingerprint density at radius 2 is 2.20 bits per heavy atom. The Hall–Kier alpha value is -1.81. The number of halogens is 1. The van der Waals surface area contributed by atoms with E-state index in [0.717, 1.165) is 5.56 Å². The lowest BCUT2D eigenvalue weighted by Crippen LogP contribution is -2.42. The number of rotatable bonds is 3. The van der Waals surface area contributed by atoms with Crippen molar-refractivity contribution < 1.29 is 14.7 Å². The quantitative estimate of drug-likeness (QED) is 0.872. The Kier molecular flexibility index (Phi) is 4.45. The highest BCUT2D eigenvalue weighted by molar-refractivity contribution is 6.30. The van der Waals surface area contributed by atoms with E-state index < -0.39 is 12.0 Å². The minimum absolute atomic E-state index is 0.0176. The molecule has 0 spiro atoms. The Balaban J connectivity index is 2.10. The van der Waals surface area contributed by atoms with Gasteiger partial charge >= 0.3 is 5.97 Å². The number of carboxylic acid groups (broad SMARTS) is 1. The van der Waals surface area contributed by atoms with Crippen LogP contribution in [-0.2, 0) is 9.59 Å². The predicted molar refractivity (Wildman–Crippen MR) is 77.4 cm³/mol. The highest BCUT2D eigenvalue weighted by Crippen LogP contribution is 2.24. The van der Waals surface area contributed by atoms with Crippen molar-refractivity contribution in [1.29, 1.82) is 0 Å². The molecule has 1 aromatic carbocycles. The van der Waals surface area contributed by atoms with Crippen LogP contribution in [0.1, 0.15) is 18.9 Å². The molecular formula is C15H16ClNO3. The van der Waals surface area contributed by atoms with Gasteiger partial charge in [0.2, 0.25) is 5.91 Å². The van der Waals surface area contributed by atoms with Gasteiger partial charge in [-0.15, -0.1) is 0 Å². The van der Waals surface area contributed by atoms with Crippen molar-refractivity contribution in [2.75, 3.05) is 6.54 Å². The Bertz CT molecular complexity index is 556. The van der Waals surface area contributed by atoms with Gasteiger partial charge in [-0.3, -0.25) is 4.79 Å². The van der Waals surface area contributed by atoms with Crippen LogP contribution >= 0.6 is 11.6 Å². The number of carboxylic acids is 1. The maximum absolute atomic E-state index is 12.1. The van der Waals surface area contributed by atoms with Crippen molar-refractivity contribution in [3.8, 4) is 0 Å². The number of benzene rings is 1. The summed E-state index contributed by atoms with van der Waals surface area (Å²) in [6.45, 7) is 2.34. The molecule has 1 amide bonds. The SMILES string of the molecule is CC1CCN(C(=O)/C=C/c2cccc(Cl)c2)C1C(=O)O. The molecule has 2 rings (SSSR count). The van der Waals surface area contributed by atoms with Crippen LogP contribution < -0.4 is 0 Å². The summed E-state index contributed by atoms with van der Waals surface area (Å²) in [5, 5.41) is 9.78. The first kappa shape index (κ1) is 14.6. The van der Waals surface area contributed by atoms with E-state index in [0.29, 0.717) is 18.0 Å². The standard InChI is InChI=1S/C15H16ClNO3/c1-10-7-8-17(14(10)15(19)20)13(18)6-5-11-3-2-4-12(16)9-11/h2-6,9-10,14H,7-8H2,1H3,(H,19,20)/b6-5+. The summed E-state index contributed by atoms with van der Waals surface area (Å²) in [6.07, 6.45) is 3.77. The van der Waals surface area contributed by atoms with Crippen LogP contribution in [-0.4, -0.2) is 34.5 Å². The van der Waals surface area contributed by atoms with Crippen LogP contribution in [0.4, 0.5) is 0 Å². The smallest absolute Gasteiger partial charge is 0.326 e. The van der Waals surface area contributed by atoms with Gasteiger partial charge in [0, 0.05) is 17.6 Å². The fourth-order valence-corrected chi connectivity index (χ4v) is 2.64. The zero-order valence-electron chi connectivity index (χ0n) is 11.1. The van der Waals surface area contributed by atoms with Gasteiger partial charge in [0.1, 0.15) is 6.04 Å². The van der Waals surface area contributed by atoms with Crippen molar-refractivity contribution in [3.05, 3.63) is 40.9 Å². The molecule has 4 nitrogen and oxygen atoms in total. The van der Waals surface area contributed by atoms with Crippen molar-refractivity contribution >= 4 is 29.6 Å². The summed E-state index contributed by atoms with van der Waals surface area (Å²) in [6, 6.07) is 6.39. The Morgan fingerprint density at radius 3 is 2.85 bits per heavy atom. The first-order valence-corrected chi connectivity index (χ1v) is 6.84. The van der Waals surface area contributed by atoms with E-state index in [1.54, 1.807) is 24.3 Å². The van der Waals surface area contributed by atoms with E-state index in [1.807, 2.05) is 13.0 Å². The summed E-state index contributed by atoms with van der Waals surface area (Å²) >= 11 is 5.86. The number of carbonyl (C=O) groups excluding carboxylic acids is 1. The van der Waals surface area contributed by atoms with E-state index in [1.165, 1.54) is 11.0 Å². The Labute approximate surface area is 122 Å². The van der Waals surface area contributed by atoms with Gasteiger partial charge < -0.3 is 10.0 Å². The number of hydrogen-bond acceptors (Lipinski definition) is 2. The number of aliphatic carboxylic acids is 1. The molecule has 106 valence electrons. The zero-order valence-corrected chi connectivity index (χ0v) is 11.9. The summed E-state index contributed by atoms with van der Waals surface area (Å²) in [4.78, 5) is 24.7. The van der Waals surface area contributed by atoms with Gasteiger partial charge in [0.25, 0.3) is 0 Å². The molecule has 1 N–H and O–H groups in total. The fraction of sp³-hybridized carbons (Fsp3) is 0.333. The van der Waals surface area contributed by atoms with Crippen molar-refractivity contribution in [2.45, 2.75) is 19.4 Å². The summed E-state index contributed by atoms with van der Waals surface area (Å²) in [5.74, 6) is -1.24. The molecule has 2 unspecified atom stereocenters. The van der Waals surface area contributed by atoms with E-state index in [4.69, 9.17) is 11.6 Å². The normalized spacial score (nSPS) is 22.4. The monoisotopic (exact) mass is 293 g/mol. The molecule has 0 aliphatic carbocycles. The molecule has 1 aliphatic rings. The van der Waals surface area contributed by atoms with Crippen molar-refractivity contribution in [1.82, 2.24) is 4.90 Å². The third-order valence-electron chi connectivity index (χ3n) is 3.50. The molecule has 1 heterocycles. The third kappa shape index (κ3) is 3.20. The highest BCUT2D eigenvalue weighted by Gasteiger charge is 2.38. The minimum Gasteiger partial charge on any atom is -0.480 e. The molecule has 1 fully saturated rings. The number of amides is 1. The number of nitrogens with zero attached hydrogens (tertiary/aromatic N) is 1. The molecule has 0 saturated carbocycles. The largest absolute Gasteiger partial charge is 0.480 e. The minimum atomic E-state index is -0.945. The molecule has 0 bridgehead atoms. The van der Waals surface area contributed by atoms with Crippen LogP contribution in [0.25, 0.3) is 6.08 Å². The second-order valence-electron chi connectivity index (χ2n) is 4.97. The van der Waals surface area contributed by atoms with Gasteiger partial charge in [-0.25, -0.2) is 4.79 Å². The number of carbonyl (C=O) groups is 2. The van der Waals surface area contributed by atoms with Gasteiger partial charge in [0.05, 0.1) is 0 Å². The van der Waals surface area contributed by atoms with Crippen LogP contribution in [0.15, 0.2) is 30.3 Å². The molecule has 0 aromatic heterocycles. The van der Waals surface area contributed by atoms with Gasteiger partial charge in [-0.1, -0.05) is 30.7 Å².